The Morgan fingerprint density at radius 1 is 1.22 bits per heavy atom. The monoisotopic (exact) mass is 323 g/mol. The van der Waals surface area contributed by atoms with E-state index in [0.29, 0.717) is 0 Å². The summed E-state index contributed by atoms with van der Waals surface area (Å²) in [5.41, 5.74) is 0.719. The molecule has 116 valence electrons. The predicted octanol–water partition coefficient (Wildman–Crippen LogP) is 3.31. The van der Waals surface area contributed by atoms with E-state index in [1.54, 1.807) is 11.3 Å². The highest BCUT2D eigenvalue weighted by molar-refractivity contribution is 7.13. The summed E-state index contributed by atoms with van der Waals surface area (Å²) in [6.07, 6.45) is 2.78. The van der Waals surface area contributed by atoms with Crippen LogP contribution < -0.4 is 10.2 Å². The highest BCUT2D eigenvalue weighted by Gasteiger charge is 2.25. The molecule has 1 aliphatic heterocycles. The highest BCUT2D eigenvalue weighted by atomic mass is 32.1. The Morgan fingerprint density at radius 3 is 2.91 bits per heavy atom. The van der Waals surface area contributed by atoms with Crippen molar-refractivity contribution in [1.82, 2.24) is 10.3 Å². The van der Waals surface area contributed by atoms with E-state index in [9.17, 15) is 4.79 Å². The second-order valence-electron chi connectivity index (χ2n) is 5.78. The van der Waals surface area contributed by atoms with Crippen LogP contribution in [0.1, 0.15) is 16.8 Å². The van der Waals surface area contributed by atoms with Gasteiger partial charge in [-0.25, -0.2) is 4.98 Å². The van der Waals surface area contributed by atoms with Crippen molar-refractivity contribution in [2.24, 2.45) is 0 Å². The number of hydrogen-bond donors (Lipinski definition) is 1. The molecule has 2 aromatic carbocycles. The average Bonchev–Trinajstić information content (AvgIpc) is 3.25. The quantitative estimate of drug-likeness (QED) is 0.804. The highest BCUT2D eigenvalue weighted by Crippen LogP contribution is 2.22. The molecule has 1 aliphatic rings. The van der Waals surface area contributed by atoms with Crippen molar-refractivity contribution in [2.75, 3.05) is 18.0 Å². The molecule has 23 heavy (non-hydrogen) atoms. The van der Waals surface area contributed by atoms with Crippen LogP contribution in [0.25, 0.3) is 10.8 Å². The molecule has 5 heteroatoms. The third kappa shape index (κ3) is 2.92. The zero-order chi connectivity index (χ0) is 15.6. The van der Waals surface area contributed by atoms with Crippen LogP contribution in [0.15, 0.2) is 54.0 Å². The minimum atomic E-state index is 0.00161. The van der Waals surface area contributed by atoms with Crippen LogP contribution in [0.5, 0.6) is 0 Å². The summed E-state index contributed by atoms with van der Waals surface area (Å²) in [6.45, 7) is 1.77. The lowest BCUT2D eigenvalue weighted by Crippen LogP contribution is -2.37. The summed E-state index contributed by atoms with van der Waals surface area (Å²) in [7, 11) is 0. The molecule has 4 nitrogen and oxygen atoms in total. The summed E-state index contributed by atoms with van der Waals surface area (Å²) in [6, 6.07) is 14.1. The number of nitrogens with zero attached hydrogens (tertiary/aromatic N) is 2. The van der Waals surface area contributed by atoms with E-state index in [1.165, 1.54) is 0 Å². The molecule has 3 aromatic rings. The smallest absolute Gasteiger partial charge is 0.251 e. The lowest BCUT2D eigenvalue weighted by atomic mass is 10.1. The topological polar surface area (TPSA) is 45.2 Å². The Morgan fingerprint density at radius 2 is 2.09 bits per heavy atom. The zero-order valence-corrected chi connectivity index (χ0v) is 13.4. The van der Waals surface area contributed by atoms with Crippen molar-refractivity contribution in [3.05, 3.63) is 59.6 Å². The van der Waals surface area contributed by atoms with Gasteiger partial charge >= 0.3 is 0 Å². The van der Waals surface area contributed by atoms with Crippen LogP contribution in [0.2, 0.25) is 0 Å². The van der Waals surface area contributed by atoms with Crippen molar-refractivity contribution in [2.45, 2.75) is 12.5 Å². The maximum Gasteiger partial charge on any atom is 0.251 e. The molecule has 0 radical (unpaired) electrons. The molecule has 0 bridgehead atoms. The van der Waals surface area contributed by atoms with Gasteiger partial charge in [0, 0.05) is 36.3 Å². The second kappa shape index (κ2) is 6.01. The van der Waals surface area contributed by atoms with Gasteiger partial charge in [0.2, 0.25) is 0 Å². The van der Waals surface area contributed by atoms with Crippen LogP contribution in [-0.4, -0.2) is 30.0 Å². The Labute approximate surface area is 138 Å². The zero-order valence-electron chi connectivity index (χ0n) is 12.6. The molecule has 1 amide bonds. The summed E-state index contributed by atoms with van der Waals surface area (Å²) in [5, 5.41) is 8.41. The van der Waals surface area contributed by atoms with Crippen LogP contribution in [0, 0.1) is 0 Å². The Kier molecular flexibility index (Phi) is 3.71. The van der Waals surface area contributed by atoms with Gasteiger partial charge in [0.05, 0.1) is 0 Å². The SMILES string of the molecule is O=C(NC1CCN(c2nccs2)C1)c1ccc2ccccc2c1. The molecule has 1 fully saturated rings. The first-order valence-electron chi connectivity index (χ1n) is 7.74. The van der Waals surface area contributed by atoms with Gasteiger partial charge in [-0.15, -0.1) is 11.3 Å². The third-order valence-electron chi connectivity index (χ3n) is 4.22. The fourth-order valence-electron chi connectivity index (χ4n) is 3.02. The van der Waals surface area contributed by atoms with E-state index < -0.39 is 0 Å². The molecular weight excluding hydrogens is 306 g/mol. The van der Waals surface area contributed by atoms with E-state index in [1.807, 2.05) is 48.0 Å². The molecule has 0 aliphatic carbocycles. The summed E-state index contributed by atoms with van der Waals surface area (Å²) in [5.74, 6) is 0.00161. The van der Waals surface area contributed by atoms with Crippen LogP contribution in [0.4, 0.5) is 5.13 Å². The predicted molar refractivity (Wildman–Crippen MR) is 94.1 cm³/mol. The molecule has 2 heterocycles. The Balaban J connectivity index is 1.45. The summed E-state index contributed by atoms with van der Waals surface area (Å²) >= 11 is 1.64. The van der Waals surface area contributed by atoms with Gasteiger partial charge < -0.3 is 10.2 Å². The molecule has 1 saturated heterocycles. The van der Waals surface area contributed by atoms with E-state index in [0.717, 1.165) is 41.0 Å². The van der Waals surface area contributed by atoms with E-state index in [2.05, 4.69) is 21.3 Å². The fraction of sp³-hybridized carbons (Fsp3) is 0.222. The largest absolute Gasteiger partial charge is 0.347 e. The molecule has 0 saturated carbocycles. The molecule has 1 aromatic heterocycles. The number of nitrogens with one attached hydrogen (secondary N) is 1. The normalized spacial score (nSPS) is 17.6. The first-order chi connectivity index (χ1) is 11.3. The number of fused-ring (bicyclic) bond motifs is 1. The number of rotatable bonds is 3. The molecular formula is C18H17N3OS. The van der Waals surface area contributed by atoms with E-state index >= 15 is 0 Å². The third-order valence-corrected chi connectivity index (χ3v) is 5.06. The lowest BCUT2D eigenvalue weighted by Gasteiger charge is -2.16. The van der Waals surface area contributed by atoms with Crippen molar-refractivity contribution in [1.29, 1.82) is 0 Å². The number of carbonyl (C=O) groups excluding carboxylic acids is 1. The van der Waals surface area contributed by atoms with Gasteiger partial charge in [0.25, 0.3) is 5.91 Å². The Hall–Kier alpha value is -2.40. The van der Waals surface area contributed by atoms with Gasteiger partial charge in [-0.2, -0.15) is 0 Å². The number of benzene rings is 2. The van der Waals surface area contributed by atoms with Crippen molar-refractivity contribution in [3.63, 3.8) is 0 Å². The standard InChI is InChI=1S/C18H17N3OS/c22-17(15-6-5-13-3-1-2-4-14(13)11-15)20-16-7-9-21(12-16)18-19-8-10-23-18/h1-6,8,10-11,16H,7,9,12H2,(H,20,22). The van der Waals surface area contributed by atoms with Gasteiger partial charge in [0.1, 0.15) is 0 Å². The number of hydrogen-bond acceptors (Lipinski definition) is 4. The fourth-order valence-corrected chi connectivity index (χ4v) is 3.70. The van der Waals surface area contributed by atoms with Gasteiger partial charge in [-0.05, 0) is 29.3 Å². The molecule has 1 unspecified atom stereocenters. The first-order valence-corrected chi connectivity index (χ1v) is 8.62. The van der Waals surface area contributed by atoms with Crippen LogP contribution in [-0.2, 0) is 0 Å². The number of carbonyl (C=O) groups is 1. The lowest BCUT2D eigenvalue weighted by molar-refractivity contribution is 0.0940. The van der Waals surface area contributed by atoms with Crippen molar-refractivity contribution in [3.8, 4) is 0 Å². The summed E-state index contributed by atoms with van der Waals surface area (Å²) in [4.78, 5) is 19.1. The summed E-state index contributed by atoms with van der Waals surface area (Å²) < 4.78 is 0. The van der Waals surface area contributed by atoms with E-state index in [4.69, 9.17) is 0 Å². The van der Waals surface area contributed by atoms with Gasteiger partial charge in [-0.3, -0.25) is 4.79 Å². The number of aromatic nitrogens is 1. The molecule has 0 spiro atoms. The maximum atomic E-state index is 12.5. The molecule has 1 N–H and O–H groups in total. The number of thiazole rings is 1. The second-order valence-corrected chi connectivity index (χ2v) is 6.65. The van der Waals surface area contributed by atoms with E-state index in [-0.39, 0.29) is 11.9 Å². The number of amides is 1. The molecule has 1 atom stereocenters. The maximum absolute atomic E-state index is 12.5. The van der Waals surface area contributed by atoms with Crippen molar-refractivity contribution < 1.29 is 4.79 Å². The van der Waals surface area contributed by atoms with Gasteiger partial charge in [-0.1, -0.05) is 30.3 Å². The number of anilines is 1. The van der Waals surface area contributed by atoms with Gasteiger partial charge in [0.15, 0.2) is 5.13 Å². The molecule has 4 rings (SSSR count). The van der Waals surface area contributed by atoms with Crippen molar-refractivity contribution >= 4 is 33.1 Å². The average molecular weight is 323 g/mol. The first kappa shape index (κ1) is 14.2. The minimum Gasteiger partial charge on any atom is -0.347 e. The van der Waals surface area contributed by atoms with Crippen LogP contribution >= 0.6 is 11.3 Å². The van der Waals surface area contributed by atoms with Crippen LogP contribution in [0.3, 0.4) is 0 Å². The minimum absolute atomic E-state index is 0.00161. The Bertz CT molecular complexity index is 831.